The first-order valence-electron chi connectivity index (χ1n) is 5.92. The van der Waals surface area contributed by atoms with Crippen molar-refractivity contribution in [1.29, 1.82) is 0 Å². The molecule has 0 unspecified atom stereocenters. The number of nitrogens with zero attached hydrogens (tertiary/aromatic N) is 1. The maximum Gasteiger partial charge on any atom is 0.340 e. The van der Waals surface area contributed by atoms with Gasteiger partial charge < -0.3 is 15.2 Å². The van der Waals surface area contributed by atoms with Crippen LogP contribution in [0.4, 0.5) is 17.6 Å². The van der Waals surface area contributed by atoms with Crippen LogP contribution in [0.5, 0.6) is 5.88 Å². The molecule has 0 aromatic carbocycles. The number of aliphatic carboxylic acids is 1. The normalized spacial score (nSPS) is 12.8. The summed E-state index contributed by atoms with van der Waals surface area (Å²) in [5.74, 6) is -6.67. The quantitative estimate of drug-likeness (QED) is 0.743. The summed E-state index contributed by atoms with van der Waals surface area (Å²) in [5.41, 5.74) is -0.0407. The van der Waals surface area contributed by atoms with Gasteiger partial charge in [-0.25, -0.2) is 13.8 Å². The van der Waals surface area contributed by atoms with Crippen molar-refractivity contribution in [3.05, 3.63) is 23.9 Å². The highest BCUT2D eigenvalue weighted by molar-refractivity contribution is 5.96. The lowest BCUT2D eigenvalue weighted by Gasteiger charge is -2.15. The topological polar surface area (TPSA) is 88.5 Å². The standard InChI is InChI=1S/C12H12F4N2O4/c1-6(10(20)21)18-9(19)7-2-3-8(17-4-7)22-5-12(15,16)11(13)14/h2-4,6,11H,5H2,1H3,(H,18,19)(H,20,21)/t6-/m1/s1. The predicted molar refractivity (Wildman–Crippen MR) is 65.2 cm³/mol. The maximum absolute atomic E-state index is 12.6. The van der Waals surface area contributed by atoms with Gasteiger partial charge in [0.15, 0.2) is 6.61 Å². The Bertz CT molecular complexity index is 536. The minimum Gasteiger partial charge on any atom is -0.480 e. The molecule has 1 rings (SSSR count). The van der Waals surface area contributed by atoms with Crippen LogP contribution in [0.15, 0.2) is 18.3 Å². The second-order valence-corrected chi connectivity index (χ2v) is 4.27. The van der Waals surface area contributed by atoms with Crippen LogP contribution in [-0.2, 0) is 4.79 Å². The van der Waals surface area contributed by atoms with E-state index in [1.54, 1.807) is 0 Å². The van der Waals surface area contributed by atoms with Crippen LogP contribution in [-0.4, -0.2) is 47.0 Å². The van der Waals surface area contributed by atoms with E-state index in [4.69, 9.17) is 5.11 Å². The molecular weight excluding hydrogens is 312 g/mol. The number of halogens is 4. The molecule has 1 amide bonds. The number of carbonyl (C=O) groups excluding carboxylic acids is 1. The Labute approximate surface area is 122 Å². The Kier molecular flexibility index (Phi) is 5.66. The summed E-state index contributed by atoms with van der Waals surface area (Å²) >= 11 is 0. The largest absolute Gasteiger partial charge is 0.480 e. The van der Waals surface area contributed by atoms with Crippen molar-refractivity contribution in [2.24, 2.45) is 0 Å². The fourth-order valence-electron chi connectivity index (χ4n) is 1.17. The van der Waals surface area contributed by atoms with Crippen molar-refractivity contribution >= 4 is 11.9 Å². The molecule has 22 heavy (non-hydrogen) atoms. The zero-order valence-electron chi connectivity index (χ0n) is 11.2. The number of hydrogen-bond donors (Lipinski definition) is 2. The number of carboxylic acid groups (broad SMARTS) is 1. The molecule has 0 aliphatic heterocycles. The first-order valence-corrected chi connectivity index (χ1v) is 5.92. The lowest BCUT2D eigenvalue weighted by atomic mass is 10.2. The molecule has 0 saturated heterocycles. The van der Waals surface area contributed by atoms with Crippen molar-refractivity contribution in [3.8, 4) is 5.88 Å². The van der Waals surface area contributed by atoms with E-state index in [0.29, 0.717) is 0 Å². The Morgan fingerprint density at radius 2 is 2.05 bits per heavy atom. The number of carbonyl (C=O) groups is 2. The van der Waals surface area contributed by atoms with Crippen molar-refractivity contribution in [2.45, 2.75) is 25.3 Å². The van der Waals surface area contributed by atoms with Gasteiger partial charge in [0, 0.05) is 12.3 Å². The molecule has 6 nitrogen and oxygen atoms in total. The first kappa shape index (κ1) is 17.7. The van der Waals surface area contributed by atoms with Gasteiger partial charge >= 0.3 is 18.3 Å². The molecule has 1 aromatic rings. The highest BCUT2D eigenvalue weighted by Gasteiger charge is 2.41. The summed E-state index contributed by atoms with van der Waals surface area (Å²) in [4.78, 5) is 25.7. The van der Waals surface area contributed by atoms with E-state index in [1.165, 1.54) is 6.92 Å². The molecular formula is C12H12F4N2O4. The SMILES string of the molecule is C[C@@H](NC(=O)c1ccc(OCC(F)(F)C(F)F)nc1)C(=O)O. The monoisotopic (exact) mass is 324 g/mol. The van der Waals surface area contributed by atoms with Crippen LogP contribution in [0.3, 0.4) is 0 Å². The third kappa shape index (κ3) is 4.86. The van der Waals surface area contributed by atoms with Gasteiger partial charge in [-0.3, -0.25) is 9.59 Å². The van der Waals surface area contributed by atoms with Crippen LogP contribution < -0.4 is 10.1 Å². The van der Waals surface area contributed by atoms with Gasteiger partial charge in [-0.2, -0.15) is 8.78 Å². The smallest absolute Gasteiger partial charge is 0.340 e. The fraction of sp³-hybridized carbons (Fsp3) is 0.417. The van der Waals surface area contributed by atoms with E-state index in [-0.39, 0.29) is 11.4 Å². The van der Waals surface area contributed by atoms with Gasteiger partial charge in [0.25, 0.3) is 5.91 Å². The average Bonchev–Trinajstić information content (AvgIpc) is 2.45. The van der Waals surface area contributed by atoms with Crippen LogP contribution in [0.25, 0.3) is 0 Å². The number of carboxylic acids is 1. The van der Waals surface area contributed by atoms with E-state index < -0.39 is 36.9 Å². The van der Waals surface area contributed by atoms with Crippen molar-refractivity contribution in [2.75, 3.05) is 6.61 Å². The number of pyridine rings is 1. The van der Waals surface area contributed by atoms with Gasteiger partial charge in [0.2, 0.25) is 5.88 Å². The third-order valence-electron chi connectivity index (χ3n) is 2.45. The molecule has 10 heteroatoms. The molecule has 122 valence electrons. The Morgan fingerprint density at radius 3 is 2.50 bits per heavy atom. The molecule has 1 atom stereocenters. The van der Waals surface area contributed by atoms with Crippen LogP contribution in [0, 0.1) is 0 Å². The number of nitrogens with one attached hydrogen (secondary N) is 1. The second-order valence-electron chi connectivity index (χ2n) is 4.27. The van der Waals surface area contributed by atoms with Gasteiger partial charge in [-0.05, 0) is 13.0 Å². The highest BCUT2D eigenvalue weighted by atomic mass is 19.3. The molecule has 2 N–H and O–H groups in total. The van der Waals surface area contributed by atoms with Gasteiger partial charge in [0.1, 0.15) is 6.04 Å². The van der Waals surface area contributed by atoms with Crippen LogP contribution in [0.1, 0.15) is 17.3 Å². The summed E-state index contributed by atoms with van der Waals surface area (Å²) in [5, 5.41) is 10.8. The van der Waals surface area contributed by atoms with E-state index in [2.05, 4.69) is 15.0 Å². The lowest BCUT2D eigenvalue weighted by Crippen LogP contribution is -2.38. The van der Waals surface area contributed by atoms with Gasteiger partial charge in [-0.15, -0.1) is 0 Å². The Balaban J connectivity index is 2.63. The number of alkyl halides is 4. The minimum absolute atomic E-state index is 0.0407. The van der Waals surface area contributed by atoms with Gasteiger partial charge in [0.05, 0.1) is 5.56 Å². The second kappa shape index (κ2) is 7.05. The number of rotatable bonds is 7. The summed E-state index contributed by atoms with van der Waals surface area (Å²) in [7, 11) is 0. The Hall–Kier alpha value is -2.39. The highest BCUT2D eigenvalue weighted by Crippen LogP contribution is 2.23. The number of hydrogen-bond acceptors (Lipinski definition) is 4. The summed E-state index contributed by atoms with van der Waals surface area (Å²) in [6, 6.07) is 1.03. The molecule has 0 bridgehead atoms. The molecule has 1 heterocycles. The van der Waals surface area contributed by atoms with Crippen LogP contribution in [0.2, 0.25) is 0 Å². The average molecular weight is 324 g/mol. The zero-order chi connectivity index (χ0) is 16.9. The molecule has 1 aromatic heterocycles. The lowest BCUT2D eigenvalue weighted by molar-refractivity contribution is -0.148. The summed E-state index contributed by atoms with van der Waals surface area (Å²) in [6.45, 7) is -0.309. The minimum atomic E-state index is -4.31. The summed E-state index contributed by atoms with van der Waals surface area (Å²) < 4.78 is 53.5. The van der Waals surface area contributed by atoms with Crippen molar-refractivity contribution in [3.63, 3.8) is 0 Å². The van der Waals surface area contributed by atoms with E-state index >= 15 is 0 Å². The molecule has 0 spiro atoms. The predicted octanol–water partition coefficient (Wildman–Crippen LogP) is 1.56. The van der Waals surface area contributed by atoms with E-state index in [9.17, 15) is 27.2 Å². The van der Waals surface area contributed by atoms with Crippen molar-refractivity contribution in [1.82, 2.24) is 10.3 Å². The first-order chi connectivity index (χ1) is 10.1. The molecule has 0 aliphatic rings. The van der Waals surface area contributed by atoms with Crippen molar-refractivity contribution < 1.29 is 37.0 Å². The summed E-state index contributed by atoms with van der Waals surface area (Å²) in [6.07, 6.45) is -2.92. The number of aromatic nitrogens is 1. The molecule has 0 fully saturated rings. The van der Waals surface area contributed by atoms with E-state index in [0.717, 1.165) is 18.3 Å². The van der Waals surface area contributed by atoms with Gasteiger partial charge in [-0.1, -0.05) is 0 Å². The molecule has 0 radical (unpaired) electrons. The maximum atomic E-state index is 12.6. The van der Waals surface area contributed by atoms with E-state index in [1.807, 2.05) is 0 Å². The Morgan fingerprint density at radius 1 is 1.41 bits per heavy atom. The van der Waals surface area contributed by atoms with Crippen LogP contribution >= 0.6 is 0 Å². The number of ether oxygens (including phenoxy) is 1. The molecule has 0 aliphatic carbocycles. The molecule has 0 saturated carbocycles. The zero-order valence-corrected chi connectivity index (χ0v) is 11.2. The fourth-order valence-corrected chi connectivity index (χ4v) is 1.17. The number of amides is 1. The third-order valence-corrected chi connectivity index (χ3v) is 2.45.